The van der Waals surface area contributed by atoms with Crippen LogP contribution < -0.4 is 15.8 Å². The summed E-state index contributed by atoms with van der Waals surface area (Å²) in [5, 5.41) is 11.2. The number of aryl methyl sites for hydroxylation is 1. The fourth-order valence-electron chi connectivity index (χ4n) is 3.16. The Morgan fingerprint density at radius 1 is 1.14 bits per heavy atom. The number of piperidine rings is 1. The number of rotatable bonds is 4. The Bertz CT molecular complexity index is 1020. The van der Waals surface area contributed by atoms with E-state index in [1.807, 2.05) is 4.90 Å². The maximum Gasteiger partial charge on any atom is 0.279 e. The van der Waals surface area contributed by atoms with Crippen LogP contribution in [0.5, 0.6) is 0 Å². The monoisotopic (exact) mass is 388 g/mol. The Labute approximate surface area is 158 Å². The second-order valence-corrected chi connectivity index (χ2v) is 6.64. The van der Waals surface area contributed by atoms with E-state index in [-0.39, 0.29) is 17.5 Å². The number of hydrogen-bond donors (Lipinski definition) is 1. The van der Waals surface area contributed by atoms with Gasteiger partial charge in [-0.15, -0.1) is 0 Å². The van der Waals surface area contributed by atoms with Gasteiger partial charge in [-0.1, -0.05) is 0 Å². The highest BCUT2D eigenvalue weighted by Gasteiger charge is 2.23. The molecule has 8 nitrogen and oxygen atoms in total. The summed E-state index contributed by atoms with van der Waals surface area (Å²) < 4.78 is 33.1. The van der Waals surface area contributed by atoms with E-state index in [9.17, 15) is 13.6 Å². The molecule has 3 aromatic rings. The van der Waals surface area contributed by atoms with Gasteiger partial charge in [0.15, 0.2) is 0 Å². The molecular weight excluding hydrogens is 370 g/mol. The standard InChI is InChI=1S/C18H18F2N6O2/c1-25-16(27)3-2-15(23-25)17-22-18(24-28-17)26-6-4-13(5-7-26)21-14-9-11(19)8-12(20)10-14/h2-3,8-10,13,21H,4-7H2,1H3. The summed E-state index contributed by atoms with van der Waals surface area (Å²) in [6.45, 7) is 1.32. The van der Waals surface area contributed by atoms with Crippen molar-refractivity contribution in [2.45, 2.75) is 18.9 Å². The number of hydrogen-bond acceptors (Lipinski definition) is 7. The molecule has 1 aliphatic rings. The predicted octanol–water partition coefficient (Wildman–Crippen LogP) is 2.19. The highest BCUT2D eigenvalue weighted by molar-refractivity contribution is 5.48. The van der Waals surface area contributed by atoms with Crippen LogP contribution in [0.3, 0.4) is 0 Å². The first-order chi connectivity index (χ1) is 13.5. The summed E-state index contributed by atoms with van der Waals surface area (Å²) in [7, 11) is 1.55. The zero-order chi connectivity index (χ0) is 19.7. The molecule has 146 valence electrons. The lowest BCUT2D eigenvalue weighted by molar-refractivity contribution is 0.422. The third kappa shape index (κ3) is 3.85. The third-order valence-electron chi connectivity index (χ3n) is 4.61. The smallest absolute Gasteiger partial charge is 0.279 e. The fraction of sp³-hybridized carbons (Fsp3) is 0.333. The first kappa shape index (κ1) is 18.1. The van der Waals surface area contributed by atoms with Crippen LogP contribution in [0, 0.1) is 11.6 Å². The van der Waals surface area contributed by atoms with Crippen molar-refractivity contribution in [3.8, 4) is 11.6 Å². The lowest BCUT2D eigenvalue weighted by atomic mass is 10.0. The fourth-order valence-corrected chi connectivity index (χ4v) is 3.16. The number of halogens is 2. The molecule has 0 aliphatic carbocycles. The Morgan fingerprint density at radius 2 is 1.86 bits per heavy atom. The highest BCUT2D eigenvalue weighted by atomic mass is 19.1. The van der Waals surface area contributed by atoms with Crippen LogP contribution in [0.2, 0.25) is 0 Å². The van der Waals surface area contributed by atoms with E-state index >= 15 is 0 Å². The van der Waals surface area contributed by atoms with E-state index in [2.05, 4.69) is 20.6 Å². The van der Waals surface area contributed by atoms with Crippen molar-refractivity contribution in [2.75, 3.05) is 23.3 Å². The van der Waals surface area contributed by atoms with E-state index in [1.165, 1.54) is 28.9 Å². The van der Waals surface area contributed by atoms with E-state index in [0.717, 1.165) is 18.9 Å². The first-order valence-corrected chi connectivity index (χ1v) is 8.84. The van der Waals surface area contributed by atoms with Gasteiger partial charge >= 0.3 is 0 Å². The SMILES string of the molecule is Cn1nc(-c2nc(N3CCC(Nc4cc(F)cc(F)c4)CC3)no2)ccc1=O. The summed E-state index contributed by atoms with van der Waals surface area (Å²) in [5.74, 6) is -0.528. The summed E-state index contributed by atoms with van der Waals surface area (Å²) in [6, 6.07) is 6.42. The molecule has 0 radical (unpaired) electrons. The average Bonchev–Trinajstić information content (AvgIpc) is 3.14. The van der Waals surface area contributed by atoms with Gasteiger partial charge in [-0.25, -0.2) is 13.5 Å². The van der Waals surface area contributed by atoms with Gasteiger partial charge in [-0.2, -0.15) is 10.1 Å². The Kier molecular flexibility index (Phi) is 4.76. The maximum atomic E-state index is 13.3. The third-order valence-corrected chi connectivity index (χ3v) is 4.61. The molecule has 1 saturated heterocycles. The lowest BCUT2D eigenvalue weighted by Crippen LogP contribution is -2.39. The molecular formula is C18H18F2N6O2. The number of nitrogens with one attached hydrogen (secondary N) is 1. The minimum Gasteiger partial charge on any atom is -0.382 e. The van der Waals surface area contributed by atoms with Crippen LogP contribution in [0.15, 0.2) is 39.6 Å². The van der Waals surface area contributed by atoms with Crippen molar-refractivity contribution in [3.05, 3.63) is 52.3 Å². The molecule has 1 N–H and O–H groups in total. The summed E-state index contributed by atoms with van der Waals surface area (Å²) in [5.41, 5.74) is 0.625. The summed E-state index contributed by atoms with van der Waals surface area (Å²) in [4.78, 5) is 17.8. The summed E-state index contributed by atoms with van der Waals surface area (Å²) in [6.07, 6.45) is 1.50. The molecule has 28 heavy (non-hydrogen) atoms. The average molecular weight is 388 g/mol. The maximum absolute atomic E-state index is 13.3. The van der Waals surface area contributed by atoms with Crippen LogP contribution >= 0.6 is 0 Å². The quantitative estimate of drug-likeness (QED) is 0.733. The lowest BCUT2D eigenvalue weighted by Gasteiger charge is -2.31. The summed E-state index contributed by atoms with van der Waals surface area (Å²) >= 11 is 0. The van der Waals surface area contributed by atoms with Gasteiger partial charge < -0.3 is 14.7 Å². The van der Waals surface area contributed by atoms with Crippen molar-refractivity contribution < 1.29 is 13.3 Å². The van der Waals surface area contributed by atoms with E-state index < -0.39 is 11.6 Å². The van der Waals surface area contributed by atoms with E-state index in [4.69, 9.17) is 4.52 Å². The van der Waals surface area contributed by atoms with Crippen LogP contribution in [-0.4, -0.2) is 39.1 Å². The van der Waals surface area contributed by atoms with Crippen LogP contribution in [0.4, 0.5) is 20.4 Å². The molecule has 0 bridgehead atoms. The van der Waals surface area contributed by atoms with Crippen LogP contribution in [0.1, 0.15) is 12.8 Å². The second-order valence-electron chi connectivity index (χ2n) is 6.64. The van der Waals surface area contributed by atoms with Crippen molar-refractivity contribution in [2.24, 2.45) is 7.05 Å². The zero-order valence-corrected chi connectivity index (χ0v) is 15.1. The molecule has 0 atom stereocenters. The molecule has 0 amide bonds. The van der Waals surface area contributed by atoms with Gasteiger partial charge in [0, 0.05) is 44.0 Å². The largest absolute Gasteiger partial charge is 0.382 e. The number of benzene rings is 1. The predicted molar refractivity (Wildman–Crippen MR) is 98.0 cm³/mol. The second kappa shape index (κ2) is 7.37. The van der Waals surface area contributed by atoms with Gasteiger partial charge in [0.1, 0.15) is 17.3 Å². The molecule has 1 fully saturated rings. The topological polar surface area (TPSA) is 89.1 Å². The van der Waals surface area contributed by atoms with E-state index in [0.29, 0.717) is 30.4 Å². The molecule has 1 aromatic carbocycles. The molecule has 10 heteroatoms. The Hall–Kier alpha value is -3.30. The van der Waals surface area contributed by atoms with E-state index in [1.54, 1.807) is 7.05 Å². The Balaban J connectivity index is 1.39. The molecule has 0 spiro atoms. The number of aromatic nitrogens is 4. The van der Waals surface area contributed by atoms with Crippen molar-refractivity contribution in [1.82, 2.24) is 19.9 Å². The zero-order valence-electron chi connectivity index (χ0n) is 15.1. The molecule has 2 aromatic heterocycles. The van der Waals surface area contributed by atoms with Crippen molar-refractivity contribution in [3.63, 3.8) is 0 Å². The number of nitrogens with zero attached hydrogens (tertiary/aromatic N) is 5. The van der Waals surface area contributed by atoms with Gasteiger partial charge in [-0.05, 0) is 36.2 Å². The minimum atomic E-state index is -0.605. The number of anilines is 2. The van der Waals surface area contributed by atoms with Crippen LogP contribution in [-0.2, 0) is 7.05 Å². The minimum absolute atomic E-state index is 0.0918. The Morgan fingerprint density at radius 3 is 2.54 bits per heavy atom. The van der Waals surface area contributed by atoms with Gasteiger partial charge in [-0.3, -0.25) is 4.79 Å². The first-order valence-electron chi connectivity index (χ1n) is 8.84. The van der Waals surface area contributed by atoms with Gasteiger partial charge in [0.05, 0.1) is 0 Å². The van der Waals surface area contributed by atoms with Crippen LogP contribution in [0.25, 0.3) is 11.6 Å². The highest BCUT2D eigenvalue weighted by Crippen LogP contribution is 2.23. The van der Waals surface area contributed by atoms with Crippen molar-refractivity contribution in [1.29, 1.82) is 0 Å². The normalized spacial score (nSPS) is 15.0. The molecule has 0 saturated carbocycles. The van der Waals surface area contributed by atoms with Gasteiger partial charge in [0.2, 0.25) is 0 Å². The van der Waals surface area contributed by atoms with Gasteiger partial charge in [0.25, 0.3) is 17.4 Å². The molecule has 0 unspecified atom stereocenters. The van der Waals surface area contributed by atoms with Crippen molar-refractivity contribution >= 4 is 11.6 Å². The molecule has 4 rings (SSSR count). The molecule has 3 heterocycles. The molecule has 1 aliphatic heterocycles.